The van der Waals surface area contributed by atoms with E-state index in [0.29, 0.717) is 5.92 Å². The van der Waals surface area contributed by atoms with Gasteiger partial charge in [-0.2, -0.15) is 5.26 Å². The summed E-state index contributed by atoms with van der Waals surface area (Å²) in [6.07, 6.45) is 10.2. The van der Waals surface area contributed by atoms with Gasteiger partial charge in [-0.1, -0.05) is 38.3 Å². The second-order valence-electron chi connectivity index (χ2n) is 6.59. The maximum absolute atomic E-state index is 8.86. The van der Waals surface area contributed by atoms with E-state index in [1.165, 1.54) is 56.9 Å². The van der Waals surface area contributed by atoms with E-state index in [4.69, 9.17) is 10.00 Å². The fraction of sp³-hybridized carbons (Fsp3) is 0.650. The van der Waals surface area contributed by atoms with Gasteiger partial charge in [0.15, 0.2) is 0 Å². The van der Waals surface area contributed by atoms with Crippen LogP contribution in [0.4, 0.5) is 0 Å². The van der Waals surface area contributed by atoms with Crippen LogP contribution in [0.15, 0.2) is 24.3 Å². The van der Waals surface area contributed by atoms with Crippen LogP contribution in [-0.4, -0.2) is 13.2 Å². The number of ether oxygens (including phenoxy) is 1. The van der Waals surface area contributed by atoms with Crippen LogP contribution in [0, 0.1) is 17.2 Å². The Bertz CT molecular complexity index is 452. The van der Waals surface area contributed by atoms with Crippen LogP contribution < -0.4 is 0 Å². The minimum absolute atomic E-state index is 0.675. The summed E-state index contributed by atoms with van der Waals surface area (Å²) in [5.74, 6) is 1.43. The van der Waals surface area contributed by atoms with Crippen molar-refractivity contribution in [3.63, 3.8) is 0 Å². The van der Waals surface area contributed by atoms with Crippen molar-refractivity contribution in [3.8, 4) is 6.07 Å². The van der Waals surface area contributed by atoms with E-state index in [9.17, 15) is 0 Å². The molecular formula is C20H29NO. The van der Waals surface area contributed by atoms with Crippen LogP contribution >= 0.6 is 0 Å². The molecule has 22 heavy (non-hydrogen) atoms. The van der Waals surface area contributed by atoms with Crippen molar-refractivity contribution in [1.82, 2.24) is 0 Å². The van der Waals surface area contributed by atoms with Crippen LogP contribution in [0.1, 0.15) is 75.3 Å². The number of nitriles is 1. The first-order valence-electron chi connectivity index (χ1n) is 8.91. The Balaban J connectivity index is 1.64. The molecule has 1 aliphatic carbocycles. The topological polar surface area (TPSA) is 33.0 Å². The maximum atomic E-state index is 8.86. The fourth-order valence-electron chi connectivity index (χ4n) is 3.37. The second-order valence-corrected chi connectivity index (χ2v) is 6.59. The summed E-state index contributed by atoms with van der Waals surface area (Å²) >= 11 is 0. The number of unbranched alkanes of at least 4 members (excludes halogenated alkanes) is 3. The second kappa shape index (κ2) is 9.64. The van der Waals surface area contributed by atoms with Crippen LogP contribution in [0.2, 0.25) is 0 Å². The largest absolute Gasteiger partial charge is 0.381 e. The highest BCUT2D eigenvalue weighted by atomic mass is 16.5. The van der Waals surface area contributed by atoms with Gasteiger partial charge < -0.3 is 4.74 Å². The van der Waals surface area contributed by atoms with E-state index in [1.54, 1.807) is 0 Å². The van der Waals surface area contributed by atoms with Crippen LogP contribution in [0.3, 0.4) is 0 Å². The summed E-state index contributed by atoms with van der Waals surface area (Å²) in [6.45, 7) is 4.13. The number of hydrogen-bond donors (Lipinski definition) is 0. The molecular weight excluding hydrogens is 270 g/mol. The van der Waals surface area contributed by atoms with Crippen molar-refractivity contribution in [2.24, 2.45) is 5.92 Å². The molecule has 2 nitrogen and oxygen atoms in total. The summed E-state index contributed by atoms with van der Waals surface area (Å²) in [4.78, 5) is 0. The van der Waals surface area contributed by atoms with Crippen molar-refractivity contribution in [2.45, 2.75) is 64.2 Å². The zero-order valence-electron chi connectivity index (χ0n) is 13.9. The average molecular weight is 299 g/mol. The molecule has 0 unspecified atom stereocenters. The molecule has 0 aromatic heterocycles. The first kappa shape index (κ1) is 17.0. The Kier molecular flexibility index (Phi) is 7.46. The lowest BCUT2D eigenvalue weighted by atomic mass is 9.79. The van der Waals surface area contributed by atoms with Gasteiger partial charge in [0.25, 0.3) is 0 Å². The Morgan fingerprint density at radius 1 is 1.05 bits per heavy atom. The van der Waals surface area contributed by atoms with E-state index in [0.717, 1.165) is 24.7 Å². The Morgan fingerprint density at radius 3 is 2.41 bits per heavy atom. The molecule has 1 aromatic carbocycles. The van der Waals surface area contributed by atoms with Crippen molar-refractivity contribution in [3.05, 3.63) is 35.4 Å². The number of rotatable bonds is 8. The lowest BCUT2D eigenvalue weighted by Crippen LogP contribution is -2.18. The predicted molar refractivity (Wildman–Crippen MR) is 90.8 cm³/mol. The monoisotopic (exact) mass is 299 g/mol. The number of nitrogens with zero attached hydrogens (tertiary/aromatic N) is 1. The van der Waals surface area contributed by atoms with Crippen LogP contribution in [0.25, 0.3) is 0 Å². The van der Waals surface area contributed by atoms with Crippen molar-refractivity contribution in [1.29, 1.82) is 5.26 Å². The van der Waals surface area contributed by atoms with Gasteiger partial charge in [0.1, 0.15) is 0 Å². The average Bonchev–Trinajstić information content (AvgIpc) is 2.59. The van der Waals surface area contributed by atoms with E-state index in [2.05, 4.69) is 25.1 Å². The zero-order valence-corrected chi connectivity index (χ0v) is 13.9. The van der Waals surface area contributed by atoms with Crippen molar-refractivity contribution >= 4 is 0 Å². The molecule has 0 heterocycles. The summed E-state index contributed by atoms with van der Waals surface area (Å²) in [7, 11) is 0. The van der Waals surface area contributed by atoms with E-state index < -0.39 is 0 Å². The third-order valence-electron chi connectivity index (χ3n) is 4.85. The van der Waals surface area contributed by atoms with Gasteiger partial charge in [-0.25, -0.2) is 0 Å². The van der Waals surface area contributed by atoms with Crippen LogP contribution in [-0.2, 0) is 4.74 Å². The van der Waals surface area contributed by atoms with Crippen LogP contribution in [0.5, 0.6) is 0 Å². The standard InChI is InChI=1S/C20H29NO/c1-2-3-4-5-14-22-16-18-8-12-20(13-9-18)19-10-6-17(15-21)7-11-19/h6-7,10-11,18,20H,2-5,8-9,12-14,16H2,1H3/t18-,20-. The van der Waals surface area contributed by atoms with Gasteiger partial charge in [-0.15, -0.1) is 0 Å². The molecule has 1 aliphatic rings. The first-order chi connectivity index (χ1) is 10.8. The molecule has 0 aliphatic heterocycles. The summed E-state index contributed by atoms with van der Waals surface area (Å²) in [5.41, 5.74) is 2.16. The number of benzene rings is 1. The molecule has 1 fully saturated rings. The van der Waals surface area contributed by atoms with Gasteiger partial charge in [-0.3, -0.25) is 0 Å². The molecule has 0 atom stereocenters. The highest BCUT2D eigenvalue weighted by Gasteiger charge is 2.22. The zero-order chi connectivity index (χ0) is 15.6. The van der Waals surface area contributed by atoms with Gasteiger partial charge in [0, 0.05) is 13.2 Å². The van der Waals surface area contributed by atoms with E-state index in [-0.39, 0.29) is 0 Å². The first-order valence-corrected chi connectivity index (χ1v) is 8.91. The summed E-state index contributed by atoms with van der Waals surface area (Å²) < 4.78 is 5.85. The fourth-order valence-corrected chi connectivity index (χ4v) is 3.37. The minimum Gasteiger partial charge on any atom is -0.381 e. The molecule has 0 radical (unpaired) electrons. The molecule has 2 heteroatoms. The minimum atomic E-state index is 0.675. The maximum Gasteiger partial charge on any atom is 0.0991 e. The van der Waals surface area contributed by atoms with Gasteiger partial charge >= 0.3 is 0 Å². The summed E-state index contributed by atoms with van der Waals surface area (Å²) in [5, 5.41) is 8.86. The molecule has 0 bridgehead atoms. The third kappa shape index (κ3) is 5.46. The molecule has 0 saturated heterocycles. The lowest BCUT2D eigenvalue weighted by molar-refractivity contribution is 0.0800. The quantitative estimate of drug-likeness (QED) is 0.600. The lowest BCUT2D eigenvalue weighted by Gasteiger charge is -2.28. The molecule has 2 rings (SSSR count). The molecule has 0 N–H and O–H groups in total. The third-order valence-corrected chi connectivity index (χ3v) is 4.85. The normalized spacial score (nSPS) is 21.5. The molecule has 1 aromatic rings. The smallest absolute Gasteiger partial charge is 0.0991 e. The molecule has 0 spiro atoms. The molecule has 120 valence electrons. The van der Waals surface area contributed by atoms with Gasteiger partial charge in [-0.05, 0) is 61.6 Å². The van der Waals surface area contributed by atoms with Crippen molar-refractivity contribution in [2.75, 3.05) is 13.2 Å². The SMILES string of the molecule is CCCCCCOC[C@H]1CC[C@H](c2ccc(C#N)cc2)CC1. The molecule has 1 saturated carbocycles. The summed E-state index contributed by atoms with van der Waals surface area (Å²) in [6, 6.07) is 10.3. The Labute approximate surface area is 135 Å². The highest BCUT2D eigenvalue weighted by Crippen LogP contribution is 2.35. The molecule has 0 amide bonds. The van der Waals surface area contributed by atoms with Gasteiger partial charge in [0.05, 0.1) is 11.6 Å². The number of hydrogen-bond acceptors (Lipinski definition) is 2. The Morgan fingerprint density at radius 2 is 1.77 bits per heavy atom. The Hall–Kier alpha value is -1.33. The highest BCUT2D eigenvalue weighted by molar-refractivity contribution is 5.33. The predicted octanol–water partition coefficient (Wildman–Crippen LogP) is 5.43. The van der Waals surface area contributed by atoms with E-state index >= 15 is 0 Å². The van der Waals surface area contributed by atoms with Crippen molar-refractivity contribution < 1.29 is 4.74 Å². The van der Waals surface area contributed by atoms with E-state index in [1.807, 2.05) is 12.1 Å². The van der Waals surface area contributed by atoms with Gasteiger partial charge in [0.2, 0.25) is 0 Å².